The van der Waals surface area contributed by atoms with E-state index in [0.717, 1.165) is 5.56 Å². The lowest BCUT2D eigenvalue weighted by molar-refractivity contribution is 0.235. The van der Waals surface area contributed by atoms with Gasteiger partial charge >= 0.3 is 0 Å². The fourth-order valence-electron chi connectivity index (χ4n) is 2.60. The molecule has 0 saturated heterocycles. The Kier molecular flexibility index (Phi) is 4.94. The number of benzene rings is 2. The van der Waals surface area contributed by atoms with Crippen LogP contribution < -0.4 is 5.32 Å². The molecule has 0 fully saturated rings. The van der Waals surface area contributed by atoms with E-state index >= 15 is 0 Å². The van der Waals surface area contributed by atoms with Crippen molar-refractivity contribution in [1.29, 1.82) is 0 Å². The summed E-state index contributed by atoms with van der Waals surface area (Å²) < 4.78 is 0. The Hall–Kier alpha value is -1.64. The van der Waals surface area contributed by atoms with Gasteiger partial charge in [0.25, 0.3) is 0 Å². The van der Waals surface area contributed by atoms with Gasteiger partial charge in [-0.25, -0.2) is 0 Å². The third-order valence-corrected chi connectivity index (χ3v) is 3.58. The summed E-state index contributed by atoms with van der Waals surface area (Å²) in [5, 5.41) is 13.1. The molecule has 20 heavy (non-hydrogen) atoms. The first kappa shape index (κ1) is 14.8. The van der Waals surface area contributed by atoms with Crippen molar-refractivity contribution in [2.75, 3.05) is 6.61 Å². The zero-order valence-corrected chi connectivity index (χ0v) is 12.4. The second-order valence-corrected chi connectivity index (χ2v) is 5.46. The lowest BCUT2D eigenvalue weighted by Crippen LogP contribution is -2.27. The van der Waals surface area contributed by atoms with Gasteiger partial charge in [-0.3, -0.25) is 0 Å². The molecule has 2 rings (SSSR count). The van der Waals surface area contributed by atoms with Crippen LogP contribution in [0.15, 0.2) is 48.5 Å². The van der Waals surface area contributed by atoms with Crippen LogP contribution in [-0.4, -0.2) is 11.7 Å². The van der Waals surface area contributed by atoms with E-state index in [-0.39, 0.29) is 18.7 Å². The average Bonchev–Trinajstić information content (AvgIpc) is 2.44. The lowest BCUT2D eigenvalue weighted by atomic mass is 10.0. The van der Waals surface area contributed by atoms with Crippen molar-refractivity contribution in [3.8, 4) is 0 Å². The van der Waals surface area contributed by atoms with Crippen molar-refractivity contribution >= 4 is 0 Å². The average molecular weight is 269 g/mol. The molecule has 0 saturated carbocycles. The lowest BCUT2D eigenvalue weighted by Gasteiger charge is -2.23. The van der Waals surface area contributed by atoms with Crippen LogP contribution in [0.4, 0.5) is 0 Å². The van der Waals surface area contributed by atoms with Crippen LogP contribution in [0.5, 0.6) is 0 Å². The number of aryl methyl sites for hydroxylation is 2. The number of rotatable bonds is 5. The second kappa shape index (κ2) is 6.69. The highest BCUT2D eigenvalue weighted by Gasteiger charge is 2.14. The van der Waals surface area contributed by atoms with E-state index in [9.17, 15) is 5.11 Å². The number of hydrogen-bond acceptors (Lipinski definition) is 2. The van der Waals surface area contributed by atoms with Gasteiger partial charge in [0.05, 0.1) is 12.6 Å². The highest BCUT2D eigenvalue weighted by atomic mass is 16.3. The third-order valence-electron chi connectivity index (χ3n) is 3.58. The molecule has 2 atom stereocenters. The first-order valence-electron chi connectivity index (χ1n) is 7.10. The zero-order valence-electron chi connectivity index (χ0n) is 12.4. The Labute approximate surface area is 121 Å². The molecule has 0 aromatic heterocycles. The van der Waals surface area contributed by atoms with Crippen molar-refractivity contribution in [3.05, 3.63) is 70.8 Å². The highest BCUT2D eigenvalue weighted by molar-refractivity contribution is 5.31. The topological polar surface area (TPSA) is 32.3 Å². The molecule has 0 aliphatic heterocycles. The predicted molar refractivity (Wildman–Crippen MR) is 83.7 cm³/mol. The standard InChI is InChI=1S/C18H23NO/c1-13-9-14(2)11-17(10-13)15(3)19-18(12-20)16-7-5-4-6-8-16/h4-11,15,18-20H,12H2,1-3H3. The van der Waals surface area contributed by atoms with Crippen LogP contribution in [-0.2, 0) is 0 Å². The van der Waals surface area contributed by atoms with Crippen molar-refractivity contribution < 1.29 is 5.11 Å². The smallest absolute Gasteiger partial charge is 0.0626 e. The molecule has 0 spiro atoms. The molecular weight excluding hydrogens is 246 g/mol. The molecule has 2 unspecified atom stereocenters. The van der Waals surface area contributed by atoms with E-state index in [1.165, 1.54) is 16.7 Å². The van der Waals surface area contributed by atoms with Crippen molar-refractivity contribution in [1.82, 2.24) is 5.32 Å². The van der Waals surface area contributed by atoms with E-state index in [4.69, 9.17) is 0 Å². The molecule has 2 aromatic rings. The summed E-state index contributed by atoms with van der Waals surface area (Å²) in [5.74, 6) is 0. The predicted octanol–water partition coefficient (Wildman–Crippen LogP) is 3.69. The Morgan fingerprint density at radius 2 is 1.55 bits per heavy atom. The zero-order chi connectivity index (χ0) is 14.5. The second-order valence-electron chi connectivity index (χ2n) is 5.46. The molecule has 2 nitrogen and oxygen atoms in total. The Bertz CT molecular complexity index is 530. The summed E-state index contributed by atoms with van der Waals surface area (Å²) in [7, 11) is 0. The van der Waals surface area contributed by atoms with Gasteiger partial charge in [0.1, 0.15) is 0 Å². The Morgan fingerprint density at radius 3 is 2.10 bits per heavy atom. The molecule has 0 aliphatic carbocycles. The van der Waals surface area contributed by atoms with Gasteiger partial charge in [0.15, 0.2) is 0 Å². The maximum atomic E-state index is 9.62. The van der Waals surface area contributed by atoms with Crippen LogP contribution in [0.25, 0.3) is 0 Å². The van der Waals surface area contributed by atoms with E-state index in [1.54, 1.807) is 0 Å². The van der Waals surface area contributed by atoms with E-state index in [0.29, 0.717) is 0 Å². The van der Waals surface area contributed by atoms with Crippen molar-refractivity contribution in [2.24, 2.45) is 0 Å². The highest BCUT2D eigenvalue weighted by Crippen LogP contribution is 2.21. The maximum Gasteiger partial charge on any atom is 0.0626 e. The van der Waals surface area contributed by atoms with Gasteiger partial charge in [0, 0.05) is 6.04 Å². The summed E-state index contributed by atoms with van der Waals surface area (Å²) in [5.41, 5.74) is 4.92. The normalized spacial score (nSPS) is 14.0. The number of hydrogen-bond donors (Lipinski definition) is 2. The number of aliphatic hydroxyl groups excluding tert-OH is 1. The minimum atomic E-state index is -0.0352. The number of aliphatic hydroxyl groups is 1. The van der Waals surface area contributed by atoms with Crippen LogP contribution >= 0.6 is 0 Å². The summed E-state index contributed by atoms with van der Waals surface area (Å²) in [4.78, 5) is 0. The van der Waals surface area contributed by atoms with E-state index < -0.39 is 0 Å². The molecule has 106 valence electrons. The molecule has 0 radical (unpaired) electrons. The SMILES string of the molecule is Cc1cc(C)cc(C(C)NC(CO)c2ccccc2)c1. The minimum absolute atomic E-state index is 0.0352. The first-order chi connectivity index (χ1) is 9.60. The summed E-state index contributed by atoms with van der Waals surface area (Å²) in [6.45, 7) is 6.47. The summed E-state index contributed by atoms with van der Waals surface area (Å²) in [6.07, 6.45) is 0. The monoisotopic (exact) mass is 269 g/mol. The molecule has 0 amide bonds. The van der Waals surface area contributed by atoms with Crippen LogP contribution in [0.2, 0.25) is 0 Å². The third kappa shape index (κ3) is 3.69. The molecule has 2 heteroatoms. The maximum absolute atomic E-state index is 9.62. The molecule has 0 aliphatic rings. The summed E-state index contributed by atoms with van der Waals surface area (Å²) in [6, 6.07) is 16.8. The summed E-state index contributed by atoms with van der Waals surface area (Å²) >= 11 is 0. The van der Waals surface area contributed by atoms with Crippen LogP contribution in [0.3, 0.4) is 0 Å². The van der Waals surface area contributed by atoms with Gasteiger partial charge < -0.3 is 10.4 Å². The molecule has 2 N–H and O–H groups in total. The molecule has 2 aromatic carbocycles. The van der Waals surface area contributed by atoms with Gasteiger partial charge in [0.2, 0.25) is 0 Å². The fourth-order valence-corrected chi connectivity index (χ4v) is 2.60. The van der Waals surface area contributed by atoms with Crippen LogP contribution in [0.1, 0.15) is 41.3 Å². The van der Waals surface area contributed by atoms with E-state index in [2.05, 4.69) is 44.3 Å². The van der Waals surface area contributed by atoms with Crippen LogP contribution in [0, 0.1) is 13.8 Å². The molecular formula is C18H23NO. The van der Waals surface area contributed by atoms with Crippen molar-refractivity contribution in [2.45, 2.75) is 32.9 Å². The van der Waals surface area contributed by atoms with Gasteiger partial charge in [-0.2, -0.15) is 0 Å². The first-order valence-corrected chi connectivity index (χ1v) is 7.10. The Morgan fingerprint density at radius 1 is 0.950 bits per heavy atom. The van der Waals surface area contributed by atoms with Crippen molar-refractivity contribution in [3.63, 3.8) is 0 Å². The minimum Gasteiger partial charge on any atom is -0.394 e. The fraction of sp³-hybridized carbons (Fsp3) is 0.333. The molecule has 0 heterocycles. The number of nitrogens with one attached hydrogen (secondary N) is 1. The quantitative estimate of drug-likeness (QED) is 0.867. The van der Waals surface area contributed by atoms with E-state index in [1.807, 2.05) is 30.3 Å². The Balaban J connectivity index is 2.15. The largest absolute Gasteiger partial charge is 0.394 e. The van der Waals surface area contributed by atoms with Gasteiger partial charge in [-0.15, -0.1) is 0 Å². The van der Waals surface area contributed by atoms with Gasteiger partial charge in [-0.1, -0.05) is 59.7 Å². The molecule has 0 bridgehead atoms. The van der Waals surface area contributed by atoms with Gasteiger partial charge in [-0.05, 0) is 31.9 Å².